The maximum Gasteiger partial charge on any atom is 0.269 e. The van der Waals surface area contributed by atoms with E-state index in [0.29, 0.717) is 11.4 Å². The molecular formula is C8H10N2O2. The molecule has 0 aliphatic heterocycles. The molecule has 0 fully saturated rings. The first-order valence-corrected chi connectivity index (χ1v) is 3.50. The van der Waals surface area contributed by atoms with Gasteiger partial charge in [0.1, 0.15) is 11.4 Å². The Kier molecular flexibility index (Phi) is 2.63. The Balaban J connectivity index is 2.84. The standard InChI is InChI=1S/C8H10N2O2/c1-9-8(11)7-4-3-6(12-2)5-10-7/h3-5H,1-2H3,(H,9,11). The highest BCUT2D eigenvalue weighted by atomic mass is 16.5. The Morgan fingerprint density at radius 3 is 2.75 bits per heavy atom. The minimum atomic E-state index is -0.197. The number of nitrogens with one attached hydrogen (secondary N) is 1. The Hall–Kier alpha value is -1.58. The van der Waals surface area contributed by atoms with Gasteiger partial charge in [-0.1, -0.05) is 0 Å². The molecule has 1 N–H and O–H groups in total. The number of ether oxygens (including phenoxy) is 1. The lowest BCUT2D eigenvalue weighted by atomic mass is 10.3. The highest BCUT2D eigenvalue weighted by Crippen LogP contribution is 2.07. The molecule has 0 radical (unpaired) electrons. The third-order valence-electron chi connectivity index (χ3n) is 1.43. The van der Waals surface area contributed by atoms with Crippen LogP contribution in [0.5, 0.6) is 5.75 Å². The number of carbonyl (C=O) groups excluding carboxylic acids is 1. The summed E-state index contributed by atoms with van der Waals surface area (Å²) in [4.78, 5) is 14.9. The first-order valence-electron chi connectivity index (χ1n) is 3.50. The molecule has 0 aliphatic carbocycles. The second-order valence-electron chi connectivity index (χ2n) is 2.16. The van der Waals surface area contributed by atoms with Crippen LogP contribution < -0.4 is 10.1 Å². The maximum absolute atomic E-state index is 11.0. The summed E-state index contributed by atoms with van der Waals surface area (Å²) >= 11 is 0. The van der Waals surface area contributed by atoms with Crippen molar-refractivity contribution >= 4 is 5.91 Å². The molecule has 0 atom stereocenters. The van der Waals surface area contributed by atoms with Gasteiger partial charge in [-0.05, 0) is 12.1 Å². The minimum absolute atomic E-state index is 0.197. The van der Waals surface area contributed by atoms with Crippen molar-refractivity contribution in [3.05, 3.63) is 24.0 Å². The van der Waals surface area contributed by atoms with Gasteiger partial charge in [0.2, 0.25) is 0 Å². The minimum Gasteiger partial charge on any atom is -0.495 e. The molecule has 4 nitrogen and oxygen atoms in total. The van der Waals surface area contributed by atoms with Crippen LogP contribution in [0.2, 0.25) is 0 Å². The van der Waals surface area contributed by atoms with E-state index in [9.17, 15) is 4.79 Å². The summed E-state index contributed by atoms with van der Waals surface area (Å²) in [7, 11) is 3.12. The van der Waals surface area contributed by atoms with Crippen LogP contribution in [0.15, 0.2) is 18.3 Å². The lowest BCUT2D eigenvalue weighted by molar-refractivity contribution is 0.0958. The van der Waals surface area contributed by atoms with Crippen LogP contribution in [0.3, 0.4) is 0 Å². The summed E-state index contributed by atoms with van der Waals surface area (Å²) in [6.45, 7) is 0. The number of amides is 1. The highest BCUT2D eigenvalue weighted by Gasteiger charge is 2.02. The monoisotopic (exact) mass is 166 g/mol. The topological polar surface area (TPSA) is 51.2 Å². The number of aromatic nitrogens is 1. The van der Waals surface area contributed by atoms with Crippen LogP contribution in [-0.4, -0.2) is 25.0 Å². The fourth-order valence-corrected chi connectivity index (χ4v) is 0.763. The number of carbonyl (C=O) groups is 1. The number of methoxy groups -OCH3 is 1. The second kappa shape index (κ2) is 3.71. The van der Waals surface area contributed by atoms with Crippen LogP contribution in [0, 0.1) is 0 Å². The van der Waals surface area contributed by atoms with Gasteiger partial charge >= 0.3 is 0 Å². The zero-order valence-electron chi connectivity index (χ0n) is 7.00. The van der Waals surface area contributed by atoms with E-state index in [1.54, 1.807) is 26.3 Å². The fraction of sp³-hybridized carbons (Fsp3) is 0.250. The van der Waals surface area contributed by atoms with Gasteiger partial charge in [-0.2, -0.15) is 0 Å². The molecule has 12 heavy (non-hydrogen) atoms. The quantitative estimate of drug-likeness (QED) is 0.694. The summed E-state index contributed by atoms with van der Waals surface area (Å²) in [6.07, 6.45) is 1.50. The van der Waals surface area contributed by atoms with Crippen molar-refractivity contribution in [1.82, 2.24) is 10.3 Å². The van der Waals surface area contributed by atoms with E-state index in [1.165, 1.54) is 6.20 Å². The van der Waals surface area contributed by atoms with Crippen molar-refractivity contribution in [1.29, 1.82) is 0 Å². The zero-order chi connectivity index (χ0) is 8.97. The normalized spacial score (nSPS) is 9.17. The summed E-state index contributed by atoms with van der Waals surface area (Å²) in [5.41, 5.74) is 0.387. The first kappa shape index (κ1) is 8.52. The van der Waals surface area contributed by atoms with E-state index in [2.05, 4.69) is 10.3 Å². The molecular weight excluding hydrogens is 156 g/mol. The molecule has 1 amide bonds. The maximum atomic E-state index is 11.0. The average Bonchev–Trinajstić information content (AvgIpc) is 2.17. The molecule has 0 spiro atoms. The number of nitrogens with zero attached hydrogens (tertiary/aromatic N) is 1. The Labute approximate surface area is 70.6 Å². The van der Waals surface area contributed by atoms with Crippen LogP contribution in [0.4, 0.5) is 0 Å². The van der Waals surface area contributed by atoms with Gasteiger partial charge in [-0.3, -0.25) is 4.79 Å². The number of hydrogen-bond donors (Lipinski definition) is 1. The van der Waals surface area contributed by atoms with E-state index in [0.717, 1.165) is 0 Å². The molecule has 0 saturated heterocycles. The van der Waals surface area contributed by atoms with Gasteiger partial charge in [-0.15, -0.1) is 0 Å². The van der Waals surface area contributed by atoms with Crippen LogP contribution in [0.25, 0.3) is 0 Å². The highest BCUT2D eigenvalue weighted by molar-refractivity contribution is 5.91. The molecule has 0 bridgehead atoms. The van der Waals surface area contributed by atoms with E-state index >= 15 is 0 Å². The molecule has 1 aromatic rings. The summed E-state index contributed by atoms with van der Waals surface area (Å²) in [5, 5.41) is 2.48. The van der Waals surface area contributed by atoms with Gasteiger partial charge in [0.15, 0.2) is 0 Å². The lowest BCUT2D eigenvalue weighted by Crippen LogP contribution is -2.18. The smallest absolute Gasteiger partial charge is 0.269 e. The molecule has 0 aliphatic rings. The molecule has 4 heteroatoms. The number of rotatable bonds is 2. The van der Waals surface area contributed by atoms with E-state index in [-0.39, 0.29) is 5.91 Å². The molecule has 0 aromatic carbocycles. The SMILES string of the molecule is CNC(=O)c1ccc(OC)cn1. The van der Waals surface area contributed by atoms with Crippen molar-refractivity contribution in [3.63, 3.8) is 0 Å². The Morgan fingerprint density at radius 1 is 1.58 bits per heavy atom. The number of hydrogen-bond acceptors (Lipinski definition) is 3. The Bertz CT molecular complexity index is 269. The molecule has 0 saturated carbocycles. The summed E-state index contributed by atoms with van der Waals surface area (Å²) < 4.78 is 4.89. The van der Waals surface area contributed by atoms with Crippen molar-refractivity contribution in [3.8, 4) is 5.75 Å². The molecule has 0 unspecified atom stereocenters. The third-order valence-corrected chi connectivity index (χ3v) is 1.43. The summed E-state index contributed by atoms with van der Waals surface area (Å²) in [5.74, 6) is 0.445. The van der Waals surface area contributed by atoms with Gasteiger partial charge < -0.3 is 10.1 Å². The fourth-order valence-electron chi connectivity index (χ4n) is 0.763. The largest absolute Gasteiger partial charge is 0.495 e. The molecule has 1 heterocycles. The van der Waals surface area contributed by atoms with Gasteiger partial charge in [0.05, 0.1) is 13.3 Å². The molecule has 64 valence electrons. The van der Waals surface area contributed by atoms with Crippen molar-refractivity contribution < 1.29 is 9.53 Å². The molecule has 1 rings (SSSR count). The van der Waals surface area contributed by atoms with Crippen LogP contribution in [-0.2, 0) is 0 Å². The predicted octanol–water partition coefficient (Wildman–Crippen LogP) is 0.450. The second-order valence-corrected chi connectivity index (χ2v) is 2.16. The third kappa shape index (κ3) is 1.72. The van der Waals surface area contributed by atoms with Crippen molar-refractivity contribution in [2.24, 2.45) is 0 Å². The predicted molar refractivity (Wildman–Crippen MR) is 44.2 cm³/mol. The van der Waals surface area contributed by atoms with Gasteiger partial charge in [0.25, 0.3) is 5.91 Å². The Morgan fingerprint density at radius 2 is 2.33 bits per heavy atom. The van der Waals surface area contributed by atoms with Crippen molar-refractivity contribution in [2.75, 3.05) is 14.2 Å². The van der Waals surface area contributed by atoms with Gasteiger partial charge in [-0.25, -0.2) is 4.98 Å². The van der Waals surface area contributed by atoms with E-state index < -0.39 is 0 Å². The van der Waals surface area contributed by atoms with Gasteiger partial charge in [0, 0.05) is 7.05 Å². The van der Waals surface area contributed by atoms with Crippen LogP contribution >= 0.6 is 0 Å². The zero-order valence-corrected chi connectivity index (χ0v) is 7.00. The number of pyridine rings is 1. The van der Waals surface area contributed by atoms with E-state index in [1.807, 2.05) is 0 Å². The average molecular weight is 166 g/mol. The molecule has 1 aromatic heterocycles. The summed E-state index contributed by atoms with van der Waals surface area (Å²) in [6, 6.07) is 3.30. The van der Waals surface area contributed by atoms with Crippen LogP contribution in [0.1, 0.15) is 10.5 Å². The lowest BCUT2D eigenvalue weighted by Gasteiger charge is -2.00. The van der Waals surface area contributed by atoms with Crippen molar-refractivity contribution in [2.45, 2.75) is 0 Å². The first-order chi connectivity index (χ1) is 5.77. The van der Waals surface area contributed by atoms with E-state index in [4.69, 9.17) is 4.74 Å².